The Labute approximate surface area is 113 Å². The Bertz CT molecular complexity index is 469. The van der Waals surface area contributed by atoms with Crippen molar-refractivity contribution in [3.05, 3.63) is 12.4 Å². The van der Waals surface area contributed by atoms with Gasteiger partial charge >= 0.3 is 0 Å². The largest absolute Gasteiger partial charge is 0.395 e. The smallest absolute Gasteiger partial charge is 0.246 e. The van der Waals surface area contributed by atoms with E-state index in [0.29, 0.717) is 25.5 Å². The summed E-state index contributed by atoms with van der Waals surface area (Å²) >= 11 is 0. The fraction of sp³-hybridized carbons (Fsp3) is 0.636. The number of hydrogen-bond donors (Lipinski definition) is 2. The summed E-state index contributed by atoms with van der Waals surface area (Å²) in [5, 5.41) is 11.8. The summed E-state index contributed by atoms with van der Waals surface area (Å²) in [5.74, 6) is 0.394. The van der Waals surface area contributed by atoms with Gasteiger partial charge in [-0.15, -0.1) is 0 Å². The van der Waals surface area contributed by atoms with E-state index < -0.39 is 10.0 Å². The molecule has 0 fully saturated rings. The molecule has 0 atom stereocenters. The molecule has 2 N–H and O–H groups in total. The maximum atomic E-state index is 12.3. The second-order valence-corrected chi connectivity index (χ2v) is 5.84. The molecular formula is C11H20N4O3S. The SMILES string of the molecule is CCCN(CCO)S(=O)(=O)c1cnc(NCC)nc1. The molecule has 0 aliphatic rings. The quantitative estimate of drug-likeness (QED) is 0.714. The lowest BCUT2D eigenvalue weighted by atomic mass is 10.5. The van der Waals surface area contributed by atoms with Crippen LogP contribution in [0.5, 0.6) is 0 Å². The van der Waals surface area contributed by atoms with Crippen LogP contribution < -0.4 is 5.32 Å². The predicted octanol–water partition coefficient (Wildman–Crippen LogP) is 0.301. The Hall–Kier alpha value is -1.25. The molecule has 0 aliphatic carbocycles. The normalized spacial score (nSPS) is 11.8. The van der Waals surface area contributed by atoms with Crippen LogP contribution in [0, 0.1) is 0 Å². The van der Waals surface area contributed by atoms with Gasteiger partial charge in [0.25, 0.3) is 0 Å². The molecule has 0 saturated carbocycles. The van der Waals surface area contributed by atoms with Crippen LogP contribution in [-0.4, -0.2) is 54.0 Å². The van der Waals surface area contributed by atoms with E-state index in [1.54, 1.807) is 0 Å². The van der Waals surface area contributed by atoms with Gasteiger partial charge in [0, 0.05) is 19.6 Å². The monoisotopic (exact) mass is 288 g/mol. The van der Waals surface area contributed by atoms with Gasteiger partial charge in [-0.1, -0.05) is 6.92 Å². The van der Waals surface area contributed by atoms with Crippen molar-refractivity contribution in [2.75, 3.05) is 31.6 Å². The van der Waals surface area contributed by atoms with Gasteiger partial charge in [-0.3, -0.25) is 0 Å². The second-order valence-electron chi connectivity index (χ2n) is 3.90. The minimum atomic E-state index is -3.64. The first kappa shape index (κ1) is 15.8. The van der Waals surface area contributed by atoms with Crippen LogP contribution in [-0.2, 0) is 10.0 Å². The predicted molar refractivity (Wildman–Crippen MR) is 72.3 cm³/mol. The first-order valence-corrected chi connectivity index (χ1v) is 7.67. The molecule has 0 radical (unpaired) electrons. The van der Waals surface area contributed by atoms with E-state index >= 15 is 0 Å². The van der Waals surface area contributed by atoms with Gasteiger partial charge in [0.1, 0.15) is 4.90 Å². The maximum absolute atomic E-state index is 12.3. The first-order valence-electron chi connectivity index (χ1n) is 6.23. The molecule has 8 heteroatoms. The molecule has 1 rings (SSSR count). The molecule has 0 amide bonds. The lowest BCUT2D eigenvalue weighted by Gasteiger charge is -2.20. The van der Waals surface area contributed by atoms with Crippen LogP contribution in [0.2, 0.25) is 0 Å². The van der Waals surface area contributed by atoms with Crippen molar-refractivity contribution in [2.24, 2.45) is 0 Å². The number of rotatable bonds is 8. The average Bonchev–Trinajstić information content (AvgIpc) is 2.39. The highest BCUT2D eigenvalue weighted by Crippen LogP contribution is 2.14. The molecular weight excluding hydrogens is 268 g/mol. The number of aliphatic hydroxyl groups excluding tert-OH is 1. The third-order valence-electron chi connectivity index (χ3n) is 2.42. The number of aliphatic hydroxyl groups is 1. The third-order valence-corrected chi connectivity index (χ3v) is 4.27. The van der Waals surface area contributed by atoms with Crippen molar-refractivity contribution in [3.63, 3.8) is 0 Å². The van der Waals surface area contributed by atoms with Gasteiger partial charge in [-0.05, 0) is 13.3 Å². The number of nitrogens with one attached hydrogen (secondary N) is 1. The van der Waals surface area contributed by atoms with Gasteiger partial charge in [0.05, 0.1) is 19.0 Å². The van der Waals surface area contributed by atoms with E-state index in [0.717, 1.165) is 0 Å². The number of anilines is 1. The molecule has 0 aromatic carbocycles. The first-order chi connectivity index (χ1) is 9.06. The van der Waals surface area contributed by atoms with Crippen LogP contribution in [0.25, 0.3) is 0 Å². The Balaban J connectivity index is 2.96. The summed E-state index contributed by atoms with van der Waals surface area (Å²) in [6, 6.07) is 0. The van der Waals surface area contributed by atoms with Crippen molar-refractivity contribution in [1.29, 1.82) is 0 Å². The molecule has 0 unspecified atom stereocenters. The minimum Gasteiger partial charge on any atom is -0.395 e. The third kappa shape index (κ3) is 4.12. The van der Waals surface area contributed by atoms with Gasteiger partial charge in [-0.25, -0.2) is 18.4 Å². The number of nitrogens with zero attached hydrogens (tertiary/aromatic N) is 3. The minimum absolute atomic E-state index is 0.0380. The van der Waals surface area contributed by atoms with E-state index in [4.69, 9.17) is 5.11 Å². The van der Waals surface area contributed by atoms with Crippen LogP contribution in [0.4, 0.5) is 5.95 Å². The Kier molecular flexibility index (Phi) is 6.13. The number of sulfonamides is 1. The summed E-state index contributed by atoms with van der Waals surface area (Å²) < 4.78 is 25.8. The fourth-order valence-corrected chi connectivity index (χ4v) is 2.98. The molecule has 1 heterocycles. The zero-order valence-corrected chi connectivity index (χ0v) is 12.0. The molecule has 1 aromatic heterocycles. The lowest BCUT2D eigenvalue weighted by molar-refractivity contribution is 0.253. The van der Waals surface area contributed by atoms with E-state index in [9.17, 15) is 8.42 Å². The summed E-state index contributed by atoms with van der Waals surface area (Å²) in [6.07, 6.45) is 3.23. The molecule has 19 heavy (non-hydrogen) atoms. The number of aromatic nitrogens is 2. The Morgan fingerprint density at radius 1 is 1.26 bits per heavy atom. The number of hydrogen-bond acceptors (Lipinski definition) is 6. The maximum Gasteiger partial charge on any atom is 0.246 e. The van der Waals surface area contributed by atoms with Gasteiger partial charge < -0.3 is 10.4 Å². The highest BCUT2D eigenvalue weighted by molar-refractivity contribution is 7.89. The van der Waals surface area contributed by atoms with Crippen molar-refractivity contribution >= 4 is 16.0 Å². The van der Waals surface area contributed by atoms with Crippen LogP contribution in [0.3, 0.4) is 0 Å². The second kappa shape index (κ2) is 7.37. The fourth-order valence-electron chi connectivity index (χ4n) is 1.56. The van der Waals surface area contributed by atoms with Crippen LogP contribution in [0.1, 0.15) is 20.3 Å². The zero-order valence-electron chi connectivity index (χ0n) is 11.2. The van der Waals surface area contributed by atoms with Gasteiger partial charge in [0.2, 0.25) is 16.0 Å². The van der Waals surface area contributed by atoms with Crippen LogP contribution >= 0.6 is 0 Å². The van der Waals surface area contributed by atoms with Gasteiger partial charge in [0.15, 0.2) is 0 Å². The standard InChI is InChI=1S/C11H20N4O3S/c1-3-5-15(6-7-16)19(17,18)10-8-13-11(12-4-2)14-9-10/h8-9,16H,3-7H2,1-2H3,(H,12,13,14). The summed E-state index contributed by atoms with van der Waals surface area (Å²) in [4.78, 5) is 7.93. The summed E-state index contributed by atoms with van der Waals surface area (Å²) in [7, 11) is -3.64. The van der Waals surface area contributed by atoms with E-state index in [1.165, 1.54) is 16.7 Å². The summed E-state index contributed by atoms with van der Waals surface area (Å²) in [6.45, 7) is 4.67. The van der Waals surface area contributed by atoms with Crippen molar-refractivity contribution in [3.8, 4) is 0 Å². The van der Waals surface area contributed by atoms with Gasteiger partial charge in [-0.2, -0.15) is 4.31 Å². The summed E-state index contributed by atoms with van der Waals surface area (Å²) in [5.41, 5.74) is 0. The zero-order chi connectivity index (χ0) is 14.3. The van der Waals surface area contributed by atoms with Crippen molar-refractivity contribution in [1.82, 2.24) is 14.3 Å². The van der Waals surface area contributed by atoms with E-state index in [1.807, 2.05) is 13.8 Å². The lowest BCUT2D eigenvalue weighted by Crippen LogP contribution is -2.34. The molecule has 0 saturated heterocycles. The Morgan fingerprint density at radius 3 is 2.37 bits per heavy atom. The Morgan fingerprint density at radius 2 is 1.89 bits per heavy atom. The highest BCUT2D eigenvalue weighted by Gasteiger charge is 2.24. The topological polar surface area (TPSA) is 95.4 Å². The van der Waals surface area contributed by atoms with E-state index in [-0.39, 0.29) is 18.0 Å². The highest BCUT2D eigenvalue weighted by atomic mass is 32.2. The van der Waals surface area contributed by atoms with Crippen molar-refractivity contribution < 1.29 is 13.5 Å². The molecule has 1 aromatic rings. The molecule has 7 nitrogen and oxygen atoms in total. The molecule has 0 bridgehead atoms. The van der Waals surface area contributed by atoms with Crippen LogP contribution in [0.15, 0.2) is 17.3 Å². The molecule has 0 spiro atoms. The average molecular weight is 288 g/mol. The van der Waals surface area contributed by atoms with Crippen molar-refractivity contribution in [2.45, 2.75) is 25.2 Å². The molecule has 108 valence electrons. The van der Waals surface area contributed by atoms with E-state index in [2.05, 4.69) is 15.3 Å². The molecule has 0 aliphatic heterocycles.